The number of methoxy groups -OCH3 is 1. The van der Waals surface area contributed by atoms with Crippen molar-refractivity contribution in [2.24, 2.45) is 0 Å². The molecule has 0 spiro atoms. The second-order valence-electron chi connectivity index (χ2n) is 14.0. The highest BCUT2D eigenvalue weighted by Crippen LogP contribution is 2.39. The number of thiophene rings is 1. The third kappa shape index (κ3) is 9.65. The molecule has 0 aliphatic carbocycles. The molecule has 4 aromatic carbocycles. The van der Waals surface area contributed by atoms with Gasteiger partial charge >= 0.3 is 12.1 Å². The van der Waals surface area contributed by atoms with Gasteiger partial charge in [0.25, 0.3) is 11.8 Å². The first-order valence-corrected chi connectivity index (χ1v) is 19.6. The maximum atomic E-state index is 13.8. The molecule has 1 unspecified atom stereocenters. The minimum absolute atomic E-state index is 0.0512. The number of nitrogens with one attached hydrogen (secondary N) is 3. The Bertz CT molecular complexity index is 2330. The summed E-state index contributed by atoms with van der Waals surface area (Å²) in [7, 11) is 1.29. The molecule has 288 valence electrons. The summed E-state index contributed by atoms with van der Waals surface area (Å²) < 4.78 is 10.6. The van der Waals surface area contributed by atoms with Crippen LogP contribution in [0.2, 0.25) is 0 Å². The van der Waals surface area contributed by atoms with Crippen molar-refractivity contribution >= 4 is 80.4 Å². The minimum Gasteiger partial charge on any atom is -0.465 e. The summed E-state index contributed by atoms with van der Waals surface area (Å²) in [6.45, 7) is 7.75. The number of amides is 4. The number of rotatable bonds is 10. The van der Waals surface area contributed by atoms with Gasteiger partial charge in [-0.15, -0.1) is 23.1 Å². The Morgan fingerprint density at radius 1 is 0.893 bits per heavy atom. The normalized spacial score (nSPS) is 13.3. The van der Waals surface area contributed by atoms with E-state index in [0.717, 1.165) is 26.8 Å². The smallest absolute Gasteiger partial charge is 0.410 e. The molecule has 0 bridgehead atoms. The molecule has 0 saturated carbocycles. The van der Waals surface area contributed by atoms with Crippen LogP contribution >= 0.6 is 23.1 Å². The van der Waals surface area contributed by atoms with Crippen molar-refractivity contribution in [1.29, 1.82) is 0 Å². The summed E-state index contributed by atoms with van der Waals surface area (Å²) in [5, 5.41) is 10.3. The molecule has 0 fully saturated rings. The zero-order valence-corrected chi connectivity index (χ0v) is 33.3. The SMILES string of the molecule is COC(=O)c1c(NC(=O)C(C)Sc2cccc(NC(=O)/C(=C\c3cccc4ccccc34)NC(=O)c3ccccc3)c2)sc2c1CCN(C(=O)OC(C)(C)C)C2. The molecule has 6 rings (SSSR count). The van der Waals surface area contributed by atoms with E-state index in [-0.39, 0.29) is 18.1 Å². The predicted octanol–water partition coefficient (Wildman–Crippen LogP) is 8.51. The largest absolute Gasteiger partial charge is 0.465 e. The lowest BCUT2D eigenvalue weighted by Gasteiger charge is -2.30. The van der Waals surface area contributed by atoms with Crippen LogP contribution in [0, 0.1) is 0 Å². The number of thioether (sulfide) groups is 1. The summed E-state index contributed by atoms with van der Waals surface area (Å²) in [5.74, 6) is -1.88. The number of benzene rings is 4. The number of hydrogen-bond acceptors (Lipinski definition) is 9. The number of hydrogen-bond donors (Lipinski definition) is 3. The molecule has 2 heterocycles. The zero-order chi connectivity index (χ0) is 40.0. The average Bonchev–Trinajstić information content (AvgIpc) is 3.54. The standard InChI is InChI=1S/C43H42N4O7S2/c1-26(37(48)46-40-36(41(51)53-5)33-21-22-47(25-35(33)56-40)42(52)54-43(2,3)4)55-31-19-12-18-30(24-31)44-39(50)34(45-38(49)28-14-7-6-8-15-28)23-29-17-11-16-27-13-9-10-20-32(27)29/h6-20,23-24,26H,21-22,25H2,1-5H3,(H,44,50)(H,45,49)(H,46,48)/b34-23+. The van der Waals surface area contributed by atoms with E-state index in [1.807, 2.05) is 54.6 Å². The summed E-state index contributed by atoms with van der Waals surface area (Å²) in [6, 6.07) is 29.2. The van der Waals surface area contributed by atoms with Crippen LogP contribution in [0.4, 0.5) is 15.5 Å². The topological polar surface area (TPSA) is 143 Å². The van der Waals surface area contributed by atoms with Gasteiger partial charge in [0, 0.05) is 27.6 Å². The summed E-state index contributed by atoms with van der Waals surface area (Å²) in [4.78, 5) is 69.4. The number of carbonyl (C=O) groups excluding carboxylic acids is 5. The van der Waals surface area contributed by atoms with Gasteiger partial charge in [0.15, 0.2) is 0 Å². The number of anilines is 2. The van der Waals surface area contributed by atoms with E-state index in [0.29, 0.717) is 39.7 Å². The summed E-state index contributed by atoms with van der Waals surface area (Å²) >= 11 is 2.51. The molecule has 13 heteroatoms. The molecule has 3 N–H and O–H groups in total. The van der Waals surface area contributed by atoms with Crippen LogP contribution < -0.4 is 16.0 Å². The fourth-order valence-electron chi connectivity index (χ4n) is 6.08. The van der Waals surface area contributed by atoms with E-state index in [4.69, 9.17) is 9.47 Å². The Hall–Kier alpha value is -5.92. The van der Waals surface area contributed by atoms with E-state index >= 15 is 0 Å². The highest BCUT2D eigenvalue weighted by Gasteiger charge is 2.33. The number of fused-ring (bicyclic) bond motifs is 2. The van der Waals surface area contributed by atoms with Gasteiger partial charge in [0.1, 0.15) is 16.3 Å². The van der Waals surface area contributed by atoms with Crippen LogP contribution in [-0.2, 0) is 32.0 Å². The van der Waals surface area contributed by atoms with E-state index in [1.165, 1.54) is 30.2 Å². The molecule has 0 radical (unpaired) electrons. The second kappa shape index (κ2) is 17.3. The quantitative estimate of drug-likeness (QED) is 0.0726. The third-order valence-corrected chi connectivity index (χ3v) is 11.0. The van der Waals surface area contributed by atoms with Crippen molar-refractivity contribution in [3.63, 3.8) is 0 Å². The maximum Gasteiger partial charge on any atom is 0.410 e. The first kappa shape index (κ1) is 39.8. The summed E-state index contributed by atoms with van der Waals surface area (Å²) in [5.41, 5.74) is 2.05. The fraction of sp³-hybridized carbons (Fsp3) is 0.233. The van der Waals surface area contributed by atoms with Crippen molar-refractivity contribution in [1.82, 2.24) is 10.2 Å². The van der Waals surface area contributed by atoms with E-state index in [9.17, 15) is 24.0 Å². The highest BCUT2D eigenvalue weighted by atomic mass is 32.2. The van der Waals surface area contributed by atoms with Gasteiger partial charge in [0.2, 0.25) is 5.91 Å². The molecule has 56 heavy (non-hydrogen) atoms. The third-order valence-electron chi connectivity index (χ3n) is 8.76. The fourth-order valence-corrected chi connectivity index (χ4v) is 8.26. The Kier molecular flexibility index (Phi) is 12.3. The monoisotopic (exact) mass is 790 g/mol. The van der Waals surface area contributed by atoms with E-state index in [1.54, 1.807) is 81.1 Å². The molecular formula is C43H42N4O7S2. The Morgan fingerprint density at radius 2 is 1.61 bits per heavy atom. The van der Waals surface area contributed by atoms with Crippen molar-refractivity contribution in [2.45, 2.75) is 56.4 Å². The van der Waals surface area contributed by atoms with E-state index < -0.39 is 34.7 Å². The van der Waals surface area contributed by atoms with Gasteiger partial charge in [-0.1, -0.05) is 66.7 Å². The summed E-state index contributed by atoms with van der Waals surface area (Å²) in [6.07, 6.45) is 1.62. The predicted molar refractivity (Wildman–Crippen MR) is 221 cm³/mol. The molecule has 1 aromatic heterocycles. The lowest BCUT2D eigenvalue weighted by Crippen LogP contribution is -2.39. The van der Waals surface area contributed by atoms with Crippen molar-refractivity contribution in [3.8, 4) is 0 Å². The van der Waals surface area contributed by atoms with Crippen molar-refractivity contribution in [3.05, 3.63) is 130 Å². The maximum absolute atomic E-state index is 13.8. The number of ether oxygens (including phenoxy) is 2. The average molecular weight is 791 g/mol. The van der Waals surface area contributed by atoms with E-state index in [2.05, 4.69) is 16.0 Å². The van der Waals surface area contributed by atoms with Crippen LogP contribution in [0.25, 0.3) is 16.8 Å². The van der Waals surface area contributed by atoms with Gasteiger partial charge in [-0.2, -0.15) is 0 Å². The Morgan fingerprint density at radius 3 is 2.36 bits per heavy atom. The first-order valence-electron chi connectivity index (χ1n) is 17.9. The van der Waals surface area contributed by atoms with Gasteiger partial charge in [-0.05, 0) is 92.4 Å². The van der Waals surface area contributed by atoms with Crippen LogP contribution in [0.1, 0.15) is 64.4 Å². The van der Waals surface area contributed by atoms with Crippen LogP contribution in [0.3, 0.4) is 0 Å². The zero-order valence-electron chi connectivity index (χ0n) is 31.6. The van der Waals surface area contributed by atoms with Crippen LogP contribution in [0.15, 0.2) is 108 Å². The lowest BCUT2D eigenvalue weighted by molar-refractivity contribution is -0.115. The highest BCUT2D eigenvalue weighted by molar-refractivity contribution is 8.00. The van der Waals surface area contributed by atoms with Crippen molar-refractivity contribution in [2.75, 3.05) is 24.3 Å². The van der Waals surface area contributed by atoms with Gasteiger partial charge < -0.3 is 30.3 Å². The number of carbonyl (C=O) groups is 5. The van der Waals surface area contributed by atoms with Crippen molar-refractivity contribution < 1.29 is 33.4 Å². The second-order valence-corrected chi connectivity index (χ2v) is 16.5. The molecule has 5 aromatic rings. The molecule has 4 amide bonds. The minimum atomic E-state index is -0.652. The lowest BCUT2D eigenvalue weighted by atomic mass is 10.0. The number of esters is 1. The first-order chi connectivity index (χ1) is 26.8. The number of nitrogens with zero attached hydrogens (tertiary/aromatic N) is 1. The Labute approximate surface area is 333 Å². The van der Waals surface area contributed by atoms with Gasteiger partial charge in [-0.3, -0.25) is 14.4 Å². The Balaban J connectivity index is 1.17. The molecule has 1 aliphatic heterocycles. The molecular weight excluding hydrogens is 749 g/mol. The molecule has 1 atom stereocenters. The van der Waals surface area contributed by atoms with Gasteiger partial charge in [-0.25, -0.2) is 9.59 Å². The van der Waals surface area contributed by atoms with Crippen LogP contribution in [-0.4, -0.2) is 59.2 Å². The van der Waals surface area contributed by atoms with Gasteiger partial charge in [0.05, 0.1) is 24.5 Å². The molecule has 11 nitrogen and oxygen atoms in total. The molecule has 1 aliphatic rings. The van der Waals surface area contributed by atoms with Crippen LogP contribution in [0.5, 0.6) is 0 Å². The molecule has 0 saturated heterocycles.